The Bertz CT molecular complexity index is 427. The van der Waals surface area contributed by atoms with E-state index in [4.69, 9.17) is 10.5 Å². The molecule has 0 atom stereocenters. The van der Waals surface area contributed by atoms with Crippen LogP contribution in [-0.2, 0) is 6.42 Å². The van der Waals surface area contributed by atoms with Crippen LogP contribution in [0.4, 0.5) is 5.69 Å². The van der Waals surface area contributed by atoms with Gasteiger partial charge in [-0.3, -0.25) is 10.1 Å². The van der Waals surface area contributed by atoms with Gasteiger partial charge < -0.3 is 10.5 Å². The number of nitrogens with zero attached hydrogens (tertiary/aromatic N) is 1. The zero-order valence-corrected chi connectivity index (χ0v) is 9.10. The Morgan fingerprint density at radius 2 is 2.25 bits per heavy atom. The molecule has 0 aliphatic heterocycles. The number of nitrogens with two attached hydrogens (primary N) is 1. The molecule has 5 nitrogen and oxygen atoms in total. The minimum atomic E-state index is -0.403. The standard InChI is InChI=1S/C11H14N2O3/c1-16-9-4-2-3-8(10(9)13(14)15)7-11(12)5-6-11/h2-4H,5-7,12H2,1H3. The lowest BCUT2D eigenvalue weighted by Crippen LogP contribution is -2.25. The largest absolute Gasteiger partial charge is 0.490 e. The third kappa shape index (κ3) is 1.99. The number of benzene rings is 1. The van der Waals surface area contributed by atoms with Crippen LogP contribution in [-0.4, -0.2) is 17.6 Å². The predicted molar refractivity (Wildman–Crippen MR) is 59.5 cm³/mol. The normalized spacial score (nSPS) is 16.9. The zero-order chi connectivity index (χ0) is 11.8. The first-order valence-electron chi connectivity index (χ1n) is 5.15. The number of nitro benzene ring substituents is 1. The quantitative estimate of drug-likeness (QED) is 0.620. The third-order valence-corrected chi connectivity index (χ3v) is 2.92. The van der Waals surface area contributed by atoms with Crippen molar-refractivity contribution in [2.24, 2.45) is 5.73 Å². The summed E-state index contributed by atoms with van der Waals surface area (Å²) in [6, 6.07) is 5.10. The van der Waals surface area contributed by atoms with Crippen LogP contribution in [0.1, 0.15) is 18.4 Å². The van der Waals surface area contributed by atoms with Gasteiger partial charge in [0.2, 0.25) is 0 Å². The van der Waals surface area contributed by atoms with Crippen molar-refractivity contribution in [3.63, 3.8) is 0 Å². The second-order valence-electron chi connectivity index (χ2n) is 4.26. The van der Waals surface area contributed by atoms with Crippen molar-refractivity contribution >= 4 is 5.69 Å². The number of hydrogen-bond donors (Lipinski definition) is 1. The van der Waals surface area contributed by atoms with E-state index in [9.17, 15) is 10.1 Å². The fraction of sp³-hybridized carbons (Fsp3) is 0.455. The summed E-state index contributed by atoms with van der Waals surface area (Å²) in [5.41, 5.74) is 6.44. The van der Waals surface area contributed by atoms with Crippen LogP contribution >= 0.6 is 0 Å². The number of ether oxygens (including phenoxy) is 1. The van der Waals surface area contributed by atoms with Gasteiger partial charge in [-0.1, -0.05) is 12.1 Å². The Kier molecular flexibility index (Phi) is 2.55. The number of hydrogen-bond acceptors (Lipinski definition) is 4. The van der Waals surface area contributed by atoms with Crippen molar-refractivity contribution in [2.45, 2.75) is 24.8 Å². The maximum absolute atomic E-state index is 11.0. The molecule has 0 unspecified atom stereocenters. The molecule has 0 amide bonds. The topological polar surface area (TPSA) is 78.4 Å². The van der Waals surface area contributed by atoms with Crippen LogP contribution in [0, 0.1) is 10.1 Å². The summed E-state index contributed by atoms with van der Waals surface area (Å²) in [5.74, 6) is 0.298. The average molecular weight is 222 g/mol. The van der Waals surface area contributed by atoms with Crippen molar-refractivity contribution in [2.75, 3.05) is 7.11 Å². The van der Waals surface area contributed by atoms with Gasteiger partial charge >= 0.3 is 5.69 Å². The van der Waals surface area contributed by atoms with Crippen LogP contribution in [0.2, 0.25) is 0 Å². The minimum absolute atomic E-state index is 0.0433. The van der Waals surface area contributed by atoms with Gasteiger partial charge in [0.25, 0.3) is 0 Å². The van der Waals surface area contributed by atoms with Gasteiger partial charge in [0.15, 0.2) is 5.75 Å². The fourth-order valence-corrected chi connectivity index (χ4v) is 1.80. The molecule has 1 aromatic rings. The highest BCUT2D eigenvalue weighted by molar-refractivity contribution is 5.53. The van der Waals surface area contributed by atoms with E-state index in [0.717, 1.165) is 12.8 Å². The molecule has 0 bridgehead atoms. The van der Waals surface area contributed by atoms with E-state index in [1.54, 1.807) is 18.2 Å². The maximum Gasteiger partial charge on any atom is 0.314 e. The van der Waals surface area contributed by atoms with Crippen molar-refractivity contribution in [3.8, 4) is 5.75 Å². The summed E-state index contributed by atoms with van der Waals surface area (Å²) < 4.78 is 5.00. The van der Waals surface area contributed by atoms with E-state index >= 15 is 0 Å². The first-order chi connectivity index (χ1) is 7.56. The molecule has 1 fully saturated rings. The molecular formula is C11H14N2O3. The molecule has 0 saturated heterocycles. The van der Waals surface area contributed by atoms with Crippen LogP contribution in [0.15, 0.2) is 18.2 Å². The van der Waals surface area contributed by atoms with Crippen molar-refractivity contribution < 1.29 is 9.66 Å². The Morgan fingerprint density at radius 1 is 1.56 bits per heavy atom. The molecule has 1 aromatic carbocycles. The molecule has 1 aliphatic carbocycles. The highest BCUT2D eigenvalue weighted by atomic mass is 16.6. The monoisotopic (exact) mass is 222 g/mol. The SMILES string of the molecule is COc1cccc(CC2(N)CC2)c1[N+](=O)[O-]. The van der Waals surface area contributed by atoms with Gasteiger partial charge in [-0.05, 0) is 25.3 Å². The summed E-state index contributed by atoms with van der Waals surface area (Å²) in [7, 11) is 1.43. The van der Waals surface area contributed by atoms with E-state index in [0.29, 0.717) is 17.7 Å². The molecule has 86 valence electrons. The lowest BCUT2D eigenvalue weighted by Gasteiger charge is -2.10. The molecule has 0 radical (unpaired) electrons. The van der Waals surface area contributed by atoms with Crippen molar-refractivity contribution in [1.29, 1.82) is 0 Å². The second kappa shape index (κ2) is 3.75. The summed E-state index contributed by atoms with van der Waals surface area (Å²) in [6.07, 6.45) is 2.41. The molecule has 1 saturated carbocycles. The number of methoxy groups -OCH3 is 1. The van der Waals surface area contributed by atoms with E-state index in [-0.39, 0.29) is 11.2 Å². The van der Waals surface area contributed by atoms with E-state index < -0.39 is 4.92 Å². The van der Waals surface area contributed by atoms with Gasteiger partial charge in [-0.2, -0.15) is 0 Å². The summed E-state index contributed by atoms with van der Waals surface area (Å²) >= 11 is 0. The first kappa shape index (κ1) is 10.9. The lowest BCUT2D eigenvalue weighted by atomic mass is 10.0. The van der Waals surface area contributed by atoms with Gasteiger partial charge in [0.1, 0.15) is 0 Å². The number of rotatable bonds is 4. The van der Waals surface area contributed by atoms with E-state index in [1.165, 1.54) is 7.11 Å². The average Bonchev–Trinajstić information content (AvgIpc) is 2.95. The summed E-state index contributed by atoms with van der Waals surface area (Å²) in [4.78, 5) is 10.6. The first-order valence-corrected chi connectivity index (χ1v) is 5.15. The van der Waals surface area contributed by atoms with E-state index in [2.05, 4.69) is 0 Å². The molecule has 16 heavy (non-hydrogen) atoms. The Morgan fingerprint density at radius 3 is 2.75 bits per heavy atom. The maximum atomic E-state index is 11.0. The molecule has 0 heterocycles. The Hall–Kier alpha value is -1.62. The van der Waals surface area contributed by atoms with Crippen molar-refractivity contribution in [3.05, 3.63) is 33.9 Å². The zero-order valence-electron chi connectivity index (χ0n) is 9.10. The lowest BCUT2D eigenvalue weighted by molar-refractivity contribution is -0.386. The van der Waals surface area contributed by atoms with Gasteiger partial charge in [0.05, 0.1) is 12.0 Å². The van der Waals surface area contributed by atoms with Crippen LogP contribution in [0.25, 0.3) is 0 Å². The Labute approximate surface area is 93.4 Å². The van der Waals surface area contributed by atoms with Crippen molar-refractivity contribution in [1.82, 2.24) is 0 Å². The van der Waals surface area contributed by atoms with Crippen LogP contribution in [0.3, 0.4) is 0 Å². The smallest absolute Gasteiger partial charge is 0.314 e. The summed E-state index contributed by atoms with van der Waals surface area (Å²) in [5, 5.41) is 11.0. The fourth-order valence-electron chi connectivity index (χ4n) is 1.80. The minimum Gasteiger partial charge on any atom is -0.490 e. The second-order valence-corrected chi connectivity index (χ2v) is 4.26. The molecule has 2 N–H and O–H groups in total. The Balaban J connectivity index is 2.39. The van der Waals surface area contributed by atoms with Crippen LogP contribution in [0.5, 0.6) is 5.75 Å². The molecule has 0 aromatic heterocycles. The van der Waals surface area contributed by atoms with Gasteiger partial charge in [-0.15, -0.1) is 0 Å². The molecule has 5 heteroatoms. The van der Waals surface area contributed by atoms with Gasteiger partial charge in [-0.25, -0.2) is 0 Å². The highest BCUT2D eigenvalue weighted by Gasteiger charge is 2.40. The molecule has 1 aliphatic rings. The number of nitro groups is 1. The number of para-hydroxylation sites is 1. The molecular weight excluding hydrogens is 208 g/mol. The van der Waals surface area contributed by atoms with Crippen LogP contribution < -0.4 is 10.5 Å². The van der Waals surface area contributed by atoms with E-state index in [1.807, 2.05) is 0 Å². The molecule has 0 spiro atoms. The highest BCUT2D eigenvalue weighted by Crippen LogP contribution is 2.40. The third-order valence-electron chi connectivity index (χ3n) is 2.92. The van der Waals surface area contributed by atoms with Gasteiger partial charge in [0, 0.05) is 11.1 Å². The summed E-state index contributed by atoms with van der Waals surface area (Å²) in [6.45, 7) is 0. The predicted octanol–water partition coefficient (Wildman–Crippen LogP) is 1.64. The molecule has 2 rings (SSSR count).